The van der Waals surface area contributed by atoms with Crippen molar-refractivity contribution in [3.63, 3.8) is 0 Å². The second-order valence-corrected chi connectivity index (χ2v) is 6.90. The Hall–Kier alpha value is -3.48. The number of pyridine rings is 1. The van der Waals surface area contributed by atoms with E-state index in [2.05, 4.69) is 5.32 Å². The third kappa shape index (κ3) is 4.03. The number of hydrogen-bond donors (Lipinski definition) is 1. The van der Waals surface area contributed by atoms with E-state index in [0.29, 0.717) is 11.1 Å². The fourth-order valence-electron chi connectivity index (χ4n) is 3.41. The van der Waals surface area contributed by atoms with E-state index in [9.17, 15) is 9.59 Å². The van der Waals surface area contributed by atoms with E-state index < -0.39 is 5.97 Å². The number of aromatic nitrogens is 2. The molecule has 0 amide bonds. The number of rotatable bonds is 6. The maximum Gasteiger partial charge on any atom is 0.339 e. The van der Waals surface area contributed by atoms with Crippen molar-refractivity contribution in [3.8, 4) is 5.75 Å². The first-order valence-corrected chi connectivity index (χ1v) is 9.17. The van der Waals surface area contributed by atoms with Gasteiger partial charge >= 0.3 is 5.97 Å². The molecule has 3 rings (SSSR count). The molecule has 0 aliphatic carbocycles. The average Bonchev–Trinajstić information content (AvgIpc) is 3.10. The highest BCUT2D eigenvalue weighted by atomic mass is 16.5. The van der Waals surface area contributed by atoms with E-state index in [1.54, 1.807) is 39.4 Å². The molecule has 1 aromatic carbocycles. The molecule has 1 unspecified atom stereocenters. The van der Waals surface area contributed by atoms with E-state index in [1.165, 1.54) is 11.7 Å². The quantitative estimate of drug-likeness (QED) is 0.650. The molecule has 3 aromatic rings. The van der Waals surface area contributed by atoms with Gasteiger partial charge in [-0.15, -0.1) is 0 Å². The van der Waals surface area contributed by atoms with Crippen LogP contribution in [0.15, 0.2) is 53.6 Å². The van der Waals surface area contributed by atoms with Gasteiger partial charge in [0.2, 0.25) is 0 Å². The van der Waals surface area contributed by atoms with Crippen molar-refractivity contribution >= 4 is 11.7 Å². The molecular formula is C22H25N3O4. The summed E-state index contributed by atoms with van der Waals surface area (Å²) >= 11 is 0. The highest BCUT2D eigenvalue weighted by molar-refractivity contribution is 5.91. The van der Waals surface area contributed by atoms with Gasteiger partial charge in [0.1, 0.15) is 5.75 Å². The molecule has 7 heteroatoms. The number of carbonyl (C=O) groups is 1. The smallest absolute Gasteiger partial charge is 0.339 e. The third-order valence-corrected chi connectivity index (χ3v) is 4.92. The lowest BCUT2D eigenvalue weighted by Crippen LogP contribution is -2.22. The van der Waals surface area contributed by atoms with Crippen molar-refractivity contribution in [3.05, 3.63) is 81.5 Å². The second-order valence-electron chi connectivity index (χ2n) is 6.90. The van der Waals surface area contributed by atoms with Crippen LogP contribution in [0.5, 0.6) is 5.75 Å². The molecule has 0 bridgehead atoms. The van der Waals surface area contributed by atoms with Gasteiger partial charge < -0.3 is 23.9 Å². The lowest BCUT2D eigenvalue weighted by atomic mass is 9.99. The standard InChI is InChI=1S/C22H25N3O4/c1-14-12-16(13-25(3)21(14)26)23-19(15-6-8-17(28-4)9-7-15)20-18(22(27)29-5)10-11-24(20)2/h6-13,19,23H,1-5H3. The van der Waals surface area contributed by atoms with Crippen LogP contribution in [0, 0.1) is 6.92 Å². The van der Waals surface area contributed by atoms with E-state index >= 15 is 0 Å². The van der Waals surface area contributed by atoms with Crippen LogP contribution >= 0.6 is 0 Å². The lowest BCUT2D eigenvalue weighted by molar-refractivity contribution is 0.0599. The van der Waals surface area contributed by atoms with Crippen LogP contribution in [-0.4, -0.2) is 29.3 Å². The fraction of sp³-hybridized carbons (Fsp3) is 0.273. The third-order valence-electron chi connectivity index (χ3n) is 4.92. The first-order valence-electron chi connectivity index (χ1n) is 9.17. The van der Waals surface area contributed by atoms with E-state index in [4.69, 9.17) is 9.47 Å². The van der Waals surface area contributed by atoms with Crippen molar-refractivity contribution in [2.45, 2.75) is 13.0 Å². The zero-order chi connectivity index (χ0) is 21.1. The Kier molecular flexibility index (Phi) is 5.77. The minimum Gasteiger partial charge on any atom is -0.497 e. The van der Waals surface area contributed by atoms with Gasteiger partial charge in [-0.1, -0.05) is 12.1 Å². The van der Waals surface area contributed by atoms with E-state index in [0.717, 1.165) is 22.7 Å². The molecule has 2 aromatic heterocycles. The molecule has 29 heavy (non-hydrogen) atoms. The monoisotopic (exact) mass is 395 g/mol. The number of anilines is 1. The van der Waals surface area contributed by atoms with Crippen molar-refractivity contribution in [1.82, 2.24) is 9.13 Å². The molecule has 0 aliphatic heterocycles. The predicted molar refractivity (Wildman–Crippen MR) is 112 cm³/mol. The molecule has 0 saturated carbocycles. The molecule has 0 radical (unpaired) electrons. The SMILES string of the molecule is COC(=O)c1ccn(C)c1C(Nc1cc(C)c(=O)n(C)c1)c1ccc(OC)cc1. The van der Waals surface area contributed by atoms with Crippen LogP contribution in [-0.2, 0) is 18.8 Å². The van der Waals surface area contributed by atoms with Crippen LogP contribution < -0.4 is 15.6 Å². The maximum absolute atomic E-state index is 12.4. The topological polar surface area (TPSA) is 74.5 Å². The average molecular weight is 395 g/mol. The molecule has 152 valence electrons. The Morgan fingerprint density at radius 2 is 1.76 bits per heavy atom. The Labute approximate surface area is 169 Å². The van der Waals surface area contributed by atoms with Gasteiger partial charge in [-0.2, -0.15) is 0 Å². The number of aryl methyl sites for hydroxylation is 3. The summed E-state index contributed by atoms with van der Waals surface area (Å²) in [6, 6.07) is 10.8. The van der Waals surface area contributed by atoms with Crippen molar-refractivity contribution in [2.24, 2.45) is 14.1 Å². The molecular weight excluding hydrogens is 370 g/mol. The highest BCUT2D eigenvalue weighted by Gasteiger charge is 2.25. The number of esters is 1. The van der Waals surface area contributed by atoms with E-state index in [-0.39, 0.29) is 11.6 Å². The van der Waals surface area contributed by atoms with Gasteiger partial charge in [0.25, 0.3) is 5.56 Å². The number of hydrogen-bond acceptors (Lipinski definition) is 5. The van der Waals surface area contributed by atoms with Gasteiger partial charge in [-0.3, -0.25) is 4.79 Å². The molecule has 0 aliphatic rings. The summed E-state index contributed by atoms with van der Waals surface area (Å²) in [6.07, 6.45) is 3.57. The summed E-state index contributed by atoms with van der Waals surface area (Å²) in [5.74, 6) is 0.336. The van der Waals surface area contributed by atoms with Gasteiger partial charge in [0.15, 0.2) is 0 Å². The number of carbonyl (C=O) groups excluding carboxylic acids is 1. The van der Waals surface area contributed by atoms with Crippen LogP contribution in [0.2, 0.25) is 0 Å². The summed E-state index contributed by atoms with van der Waals surface area (Å²) in [5.41, 5.74) is 3.52. The summed E-state index contributed by atoms with van der Waals surface area (Å²) in [6.45, 7) is 1.78. The molecule has 2 heterocycles. The minimum absolute atomic E-state index is 0.0503. The lowest BCUT2D eigenvalue weighted by Gasteiger charge is -2.23. The Balaban J connectivity index is 2.14. The van der Waals surface area contributed by atoms with Crippen LogP contribution in [0.25, 0.3) is 0 Å². The number of benzene rings is 1. The molecule has 0 saturated heterocycles. The summed E-state index contributed by atoms with van der Waals surface area (Å²) in [4.78, 5) is 24.4. The number of methoxy groups -OCH3 is 2. The van der Waals surface area contributed by atoms with Gasteiger partial charge in [-0.05, 0) is 36.8 Å². The summed E-state index contributed by atoms with van der Waals surface area (Å²) in [7, 11) is 6.58. The minimum atomic E-state index is -0.405. The van der Waals surface area contributed by atoms with Gasteiger partial charge in [0, 0.05) is 32.1 Å². The van der Waals surface area contributed by atoms with E-state index in [1.807, 2.05) is 42.1 Å². The zero-order valence-corrected chi connectivity index (χ0v) is 17.2. The predicted octanol–water partition coefficient (Wildman–Crippen LogP) is 3.03. The van der Waals surface area contributed by atoms with Crippen molar-refractivity contribution in [2.75, 3.05) is 19.5 Å². The van der Waals surface area contributed by atoms with Crippen LogP contribution in [0.4, 0.5) is 5.69 Å². The van der Waals surface area contributed by atoms with Gasteiger partial charge in [-0.25, -0.2) is 4.79 Å². The zero-order valence-electron chi connectivity index (χ0n) is 17.2. The fourth-order valence-corrected chi connectivity index (χ4v) is 3.41. The maximum atomic E-state index is 12.4. The number of ether oxygens (including phenoxy) is 2. The molecule has 7 nitrogen and oxygen atoms in total. The Morgan fingerprint density at radius 3 is 2.34 bits per heavy atom. The highest BCUT2D eigenvalue weighted by Crippen LogP contribution is 2.31. The Bertz CT molecular complexity index is 1050. The number of nitrogens with one attached hydrogen (secondary N) is 1. The van der Waals surface area contributed by atoms with Crippen molar-refractivity contribution < 1.29 is 14.3 Å². The molecule has 0 spiro atoms. The largest absolute Gasteiger partial charge is 0.497 e. The summed E-state index contributed by atoms with van der Waals surface area (Å²) in [5, 5.41) is 3.48. The number of nitrogens with zero attached hydrogens (tertiary/aromatic N) is 2. The van der Waals surface area contributed by atoms with Crippen molar-refractivity contribution in [1.29, 1.82) is 0 Å². The van der Waals surface area contributed by atoms with Crippen LogP contribution in [0.1, 0.15) is 33.2 Å². The normalized spacial score (nSPS) is 11.8. The molecule has 1 atom stereocenters. The molecule has 0 fully saturated rings. The first kappa shape index (κ1) is 20.3. The van der Waals surface area contributed by atoms with Gasteiger partial charge in [0.05, 0.1) is 37.2 Å². The Morgan fingerprint density at radius 1 is 1.07 bits per heavy atom. The summed E-state index contributed by atoms with van der Waals surface area (Å²) < 4.78 is 13.7. The first-order chi connectivity index (χ1) is 13.8. The second kappa shape index (κ2) is 8.26. The van der Waals surface area contributed by atoms with Crippen LogP contribution in [0.3, 0.4) is 0 Å². The molecule has 1 N–H and O–H groups in total.